The summed E-state index contributed by atoms with van der Waals surface area (Å²) in [5.74, 6) is -1.43. The van der Waals surface area contributed by atoms with E-state index in [1.807, 2.05) is 0 Å². The van der Waals surface area contributed by atoms with Crippen molar-refractivity contribution in [2.45, 2.75) is 13.8 Å². The quantitative estimate of drug-likeness (QED) is 0.205. The molecule has 0 radical (unpaired) electrons. The predicted molar refractivity (Wildman–Crippen MR) is 84.1 cm³/mol. The molecular weight excluding hydrogens is 341 g/mol. The van der Waals surface area contributed by atoms with Crippen LogP contribution in [0, 0.1) is 10.1 Å². The van der Waals surface area contributed by atoms with Crippen molar-refractivity contribution in [1.29, 1.82) is 0 Å². The number of benzene rings is 1. The fourth-order valence-corrected chi connectivity index (χ4v) is 3.18. The van der Waals surface area contributed by atoms with E-state index in [-0.39, 0.29) is 24.5 Å². The molecule has 0 unspecified atom stereocenters. The van der Waals surface area contributed by atoms with Crippen LogP contribution in [0.3, 0.4) is 0 Å². The number of rotatable bonds is 10. The summed E-state index contributed by atoms with van der Waals surface area (Å²) in [6.45, 7) is 2.84. The summed E-state index contributed by atoms with van der Waals surface area (Å²) in [5, 5.41) is 10.5. The number of hydrogen-bond donors (Lipinski definition) is 0. The third-order valence-corrected chi connectivity index (χ3v) is 4.69. The molecule has 0 aliphatic heterocycles. The van der Waals surface area contributed by atoms with Crippen molar-refractivity contribution in [3.63, 3.8) is 0 Å². The lowest BCUT2D eigenvalue weighted by Crippen LogP contribution is -2.18. The van der Waals surface area contributed by atoms with E-state index in [0.717, 1.165) is 0 Å². The highest BCUT2D eigenvalue weighted by Crippen LogP contribution is 2.47. The largest absolute Gasteiger partial charge is 0.457 e. The van der Waals surface area contributed by atoms with Crippen LogP contribution < -0.4 is 0 Å². The predicted octanol–water partition coefficient (Wildman–Crippen LogP) is 2.59. The van der Waals surface area contributed by atoms with E-state index < -0.39 is 37.0 Å². The van der Waals surface area contributed by atoms with Gasteiger partial charge in [0.2, 0.25) is 0 Å². The van der Waals surface area contributed by atoms with Crippen LogP contribution >= 0.6 is 7.60 Å². The van der Waals surface area contributed by atoms with Crippen molar-refractivity contribution in [2.24, 2.45) is 0 Å². The van der Waals surface area contributed by atoms with Crippen LogP contribution in [-0.2, 0) is 23.1 Å². The highest BCUT2D eigenvalue weighted by Gasteiger charge is 2.29. The standard InChI is InChI=1S/C14H18NO8P/c1-3-22-24(20,23-4-2)10-14(17)21-9-13(16)11-5-7-12(8-6-11)15(18)19/h5-8H,3-4,9-10H2,1-2H3. The zero-order valence-electron chi connectivity index (χ0n) is 13.3. The molecule has 1 aromatic carbocycles. The van der Waals surface area contributed by atoms with Crippen molar-refractivity contribution < 1.29 is 32.9 Å². The van der Waals surface area contributed by atoms with Gasteiger partial charge in [0.25, 0.3) is 5.69 Å². The molecule has 9 nitrogen and oxygen atoms in total. The van der Waals surface area contributed by atoms with Gasteiger partial charge in [-0.3, -0.25) is 24.3 Å². The summed E-state index contributed by atoms with van der Waals surface area (Å²) in [5.41, 5.74) is 0.00381. The van der Waals surface area contributed by atoms with E-state index in [1.165, 1.54) is 24.3 Å². The van der Waals surface area contributed by atoms with Gasteiger partial charge in [0.05, 0.1) is 18.1 Å². The molecular formula is C14H18NO8P. The van der Waals surface area contributed by atoms with Gasteiger partial charge in [-0.25, -0.2) is 0 Å². The van der Waals surface area contributed by atoms with E-state index in [1.54, 1.807) is 13.8 Å². The molecule has 0 atom stereocenters. The maximum absolute atomic E-state index is 12.1. The molecule has 0 aliphatic rings. The minimum absolute atomic E-state index is 0.103. The number of Topliss-reactive ketones (excluding diaryl/α,β-unsaturated/α-hetero) is 1. The fourth-order valence-electron chi connectivity index (χ4n) is 1.72. The molecule has 132 valence electrons. The van der Waals surface area contributed by atoms with Gasteiger partial charge in [-0.15, -0.1) is 0 Å². The molecule has 0 aromatic heterocycles. The van der Waals surface area contributed by atoms with Gasteiger partial charge in [-0.05, 0) is 26.0 Å². The topological polar surface area (TPSA) is 122 Å². The van der Waals surface area contributed by atoms with E-state index >= 15 is 0 Å². The molecule has 0 amide bonds. The minimum Gasteiger partial charge on any atom is -0.457 e. The number of ether oxygens (including phenoxy) is 1. The number of carbonyl (C=O) groups is 2. The van der Waals surface area contributed by atoms with Gasteiger partial charge < -0.3 is 13.8 Å². The highest BCUT2D eigenvalue weighted by molar-refractivity contribution is 7.54. The molecule has 0 spiro atoms. The average molecular weight is 359 g/mol. The fraction of sp³-hybridized carbons (Fsp3) is 0.429. The number of carbonyl (C=O) groups excluding carboxylic acids is 2. The number of nitro groups is 1. The smallest absolute Gasteiger partial charge is 0.341 e. The Morgan fingerprint density at radius 2 is 1.67 bits per heavy atom. The second-order valence-corrected chi connectivity index (χ2v) is 6.55. The maximum atomic E-state index is 12.1. The monoisotopic (exact) mass is 359 g/mol. The lowest BCUT2D eigenvalue weighted by Gasteiger charge is -2.15. The van der Waals surface area contributed by atoms with Gasteiger partial charge in [0, 0.05) is 17.7 Å². The summed E-state index contributed by atoms with van der Waals surface area (Å²) in [6.07, 6.45) is -0.595. The number of ketones is 1. The molecule has 1 rings (SSSR count). The van der Waals surface area contributed by atoms with Crippen LogP contribution in [0.25, 0.3) is 0 Å². The molecule has 0 N–H and O–H groups in total. The summed E-state index contributed by atoms with van der Waals surface area (Å²) < 4.78 is 26.8. The molecule has 0 aliphatic carbocycles. The highest BCUT2D eigenvalue weighted by atomic mass is 31.2. The van der Waals surface area contributed by atoms with Gasteiger partial charge in [-0.2, -0.15) is 0 Å². The van der Waals surface area contributed by atoms with Crippen LogP contribution in [0.2, 0.25) is 0 Å². The van der Waals surface area contributed by atoms with Crippen molar-refractivity contribution in [2.75, 3.05) is 26.0 Å². The molecule has 0 saturated carbocycles. The Bertz CT molecular complexity index is 633. The van der Waals surface area contributed by atoms with E-state index in [0.29, 0.717) is 0 Å². The molecule has 0 heterocycles. The first-order chi connectivity index (χ1) is 11.3. The molecule has 10 heteroatoms. The van der Waals surface area contributed by atoms with Crippen LogP contribution in [0.4, 0.5) is 5.69 Å². The third-order valence-electron chi connectivity index (χ3n) is 2.74. The first kappa shape index (κ1) is 20.0. The van der Waals surface area contributed by atoms with Crippen LogP contribution in [0.5, 0.6) is 0 Å². The second-order valence-electron chi connectivity index (χ2n) is 4.49. The molecule has 0 bridgehead atoms. The Balaban J connectivity index is 2.58. The van der Waals surface area contributed by atoms with Crippen molar-refractivity contribution in [3.8, 4) is 0 Å². The summed E-state index contributed by atoms with van der Waals surface area (Å²) in [7, 11) is -3.59. The number of hydrogen-bond acceptors (Lipinski definition) is 8. The van der Waals surface area contributed by atoms with Crippen LogP contribution in [-0.4, -0.2) is 42.7 Å². The Kier molecular flexibility index (Phi) is 7.70. The Labute approximate surface area is 138 Å². The Hall–Kier alpha value is -2.09. The minimum atomic E-state index is -3.59. The number of esters is 1. The Morgan fingerprint density at radius 3 is 2.12 bits per heavy atom. The summed E-state index contributed by atoms with van der Waals surface area (Å²) in [4.78, 5) is 33.5. The normalized spacial score (nSPS) is 11.1. The van der Waals surface area contributed by atoms with E-state index in [9.17, 15) is 24.3 Å². The van der Waals surface area contributed by atoms with E-state index in [4.69, 9.17) is 13.8 Å². The third kappa shape index (κ3) is 6.19. The van der Waals surface area contributed by atoms with Crippen LogP contribution in [0.15, 0.2) is 24.3 Å². The number of nitrogens with zero attached hydrogens (tertiary/aromatic N) is 1. The molecule has 24 heavy (non-hydrogen) atoms. The van der Waals surface area contributed by atoms with Gasteiger partial charge in [0.15, 0.2) is 12.4 Å². The average Bonchev–Trinajstić information content (AvgIpc) is 2.53. The summed E-state index contributed by atoms with van der Waals surface area (Å²) >= 11 is 0. The lowest BCUT2D eigenvalue weighted by atomic mass is 10.1. The number of nitro benzene ring substituents is 1. The first-order valence-electron chi connectivity index (χ1n) is 7.12. The first-order valence-corrected chi connectivity index (χ1v) is 8.85. The van der Waals surface area contributed by atoms with Gasteiger partial charge in [0.1, 0.15) is 6.16 Å². The Morgan fingerprint density at radius 1 is 1.12 bits per heavy atom. The SMILES string of the molecule is CCOP(=O)(CC(=O)OCC(=O)c1ccc([N+](=O)[O-])cc1)OCC. The molecule has 0 fully saturated rings. The van der Waals surface area contributed by atoms with Crippen molar-refractivity contribution in [1.82, 2.24) is 0 Å². The van der Waals surface area contributed by atoms with Gasteiger partial charge in [-0.1, -0.05) is 0 Å². The van der Waals surface area contributed by atoms with Crippen molar-refractivity contribution >= 4 is 25.0 Å². The lowest BCUT2D eigenvalue weighted by molar-refractivity contribution is -0.384. The molecule has 1 aromatic rings. The second kappa shape index (κ2) is 9.27. The zero-order chi connectivity index (χ0) is 18.2. The summed E-state index contributed by atoms with van der Waals surface area (Å²) in [6, 6.07) is 4.88. The van der Waals surface area contributed by atoms with Gasteiger partial charge >= 0.3 is 13.6 Å². The maximum Gasteiger partial charge on any atom is 0.341 e. The van der Waals surface area contributed by atoms with E-state index in [2.05, 4.69) is 0 Å². The molecule has 0 saturated heterocycles. The number of non-ortho nitro benzene ring substituents is 1. The zero-order valence-corrected chi connectivity index (χ0v) is 14.2. The van der Waals surface area contributed by atoms with Crippen molar-refractivity contribution in [3.05, 3.63) is 39.9 Å². The van der Waals surface area contributed by atoms with Crippen LogP contribution in [0.1, 0.15) is 24.2 Å².